The molecule has 22 heavy (non-hydrogen) atoms. The van der Waals surface area contributed by atoms with E-state index in [0.29, 0.717) is 38.8 Å². The van der Waals surface area contributed by atoms with E-state index < -0.39 is 5.97 Å². The van der Waals surface area contributed by atoms with Crippen molar-refractivity contribution in [3.05, 3.63) is 0 Å². The number of amides is 2. The van der Waals surface area contributed by atoms with Gasteiger partial charge in [-0.15, -0.1) is 0 Å². The number of hydrogen-bond acceptors (Lipinski definition) is 4. The molecule has 0 aromatic carbocycles. The van der Waals surface area contributed by atoms with Crippen LogP contribution in [0.25, 0.3) is 0 Å². The van der Waals surface area contributed by atoms with E-state index in [-0.39, 0.29) is 30.2 Å². The first-order chi connectivity index (χ1) is 10.5. The molecule has 126 valence electrons. The maximum Gasteiger partial charge on any atom is 0.306 e. The Bertz CT molecular complexity index is 391. The molecule has 7 nitrogen and oxygen atoms in total. The summed E-state index contributed by atoms with van der Waals surface area (Å²) in [4.78, 5) is 36.3. The van der Waals surface area contributed by atoms with Gasteiger partial charge in [0.25, 0.3) is 0 Å². The smallest absolute Gasteiger partial charge is 0.306 e. The number of ether oxygens (including phenoxy) is 1. The Morgan fingerprint density at radius 2 is 1.77 bits per heavy atom. The highest BCUT2D eigenvalue weighted by molar-refractivity contribution is 5.85. The topological polar surface area (TPSA) is 95.9 Å². The third-order valence-electron chi connectivity index (χ3n) is 4.03. The summed E-state index contributed by atoms with van der Waals surface area (Å²) in [7, 11) is 3.22. The lowest BCUT2D eigenvalue weighted by Crippen LogP contribution is -2.42. The van der Waals surface area contributed by atoms with Crippen LogP contribution in [0.3, 0.4) is 0 Å². The maximum absolute atomic E-state index is 12.3. The monoisotopic (exact) mass is 314 g/mol. The Kier molecular flexibility index (Phi) is 7.87. The highest BCUT2D eigenvalue weighted by atomic mass is 16.5. The van der Waals surface area contributed by atoms with Crippen LogP contribution in [0, 0.1) is 11.8 Å². The van der Waals surface area contributed by atoms with Gasteiger partial charge in [-0.3, -0.25) is 14.4 Å². The quantitative estimate of drug-likeness (QED) is 0.636. The predicted molar refractivity (Wildman–Crippen MR) is 80.2 cm³/mol. The SMILES string of the molecule is COCCCNC(=O)CN(C)C(=O)C1CCC(C(=O)O)CC1. The largest absolute Gasteiger partial charge is 0.481 e. The van der Waals surface area contributed by atoms with E-state index in [9.17, 15) is 14.4 Å². The molecule has 1 rings (SSSR count). The molecule has 0 aromatic rings. The third kappa shape index (κ3) is 6.01. The van der Waals surface area contributed by atoms with Crippen molar-refractivity contribution in [1.29, 1.82) is 0 Å². The summed E-state index contributed by atoms with van der Waals surface area (Å²) in [5.41, 5.74) is 0. The van der Waals surface area contributed by atoms with E-state index in [2.05, 4.69) is 5.32 Å². The van der Waals surface area contributed by atoms with Gasteiger partial charge in [-0.05, 0) is 32.1 Å². The van der Waals surface area contributed by atoms with Crippen LogP contribution in [-0.2, 0) is 19.1 Å². The van der Waals surface area contributed by atoms with Gasteiger partial charge in [0.2, 0.25) is 11.8 Å². The molecule has 0 aliphatic heterocycles. The molecule has 0 unspecified atom stereocenters. The van der Waals surface area contributed by atoms with E-state index in [1.54, 1.807) is 14.2 Å². The molecule has 0 atom stereocenters. The number of nitrogens with one attached hydrogen (secondary N) is 1. The highest BCUT2D eigenvalue weighted by Gasteiger charge is 2.31. The van der Waals surface area contributed by atoms with Crippen LogP contribution in [0.5, 0.6) is 0 Å². The second-order valence-electron chi connectivity index (χ2n) is 5.78. The van der Waals surface area contributed by atoms with E-state index >= 15 is 0 Å². The number of carbonyl (C=O) groups excluding carboxylic acids is 2. The molecule has 0 heterocycles. The van der Waals surface area contributed by atoms with Crippen LogP contribution in [0.15, 0.2) is 0 Å². The Morgan fingerprint density at radius 1 is 1.18 bits per heavy atom. The molecule has 0 radical (unpaired) electrons. The first-order valence-electron chi connectivity index (χ1n) is 7.69. The van der Waals surface area contributed by atoms with Crippen molar-refractivity contribution in [3.63, 3.8) is 0 Å². The predicted octanol–water partition coefficient (Wildman–Crippen LogP) is 0.489. The van der Waals surface area contributed by atoms with Crippen molar-refractivity contribution in [3.8, 4) is 0 Å². The van der Waals surface area contributed by atoms with Gasteiger partial charge in [0, 0.05) is 33.2 Å². The van der Waals surface area contributed by atoms with E-state index in [4.69, 9.17) is 9.84 Å². The molecule has 1 aliphatic rings. The molecule has 2 amide bonds. The average molecular weight is 314 g/mol. The number of nitrogens with zero attached hydrogens (tertiary/aromatic N) is 1. The lowest BCUT2D eigenvalue weighted by atomic mass is 9.81. The molecule has 1 saturated carbocycles. The zero-order valence-electron chi connectivity index (χ0n) is 13.3. The number of likely N-dealkylation sites (N-methyl/N-ethyl adjacent to an activating group) is 1. The van der Waals surface area contributed by atoms with Gasteiger partial charge in [-0.25, -0.2) is 0 Å². The summed E-state index contributed by atoms with van der Waals surface area (Å²) >= 11 is 0. The maximum atomic E-state index is 12.3. The van der Waals surface area contributed by atoms with Crippen LogP contribution < -0.4 is 5.32 Å². The van der Waals surface area contributed by atoms with Crippen molar-refractivity contribution < 1.29 is 24.2 Å². The van der Waals surface area contributed by atoms with Crippen LogP contribution in [-0.4, -0.2) is 61.6 Å². The van der Waals surface area contributed by atoms with Crippen molar-refractivity contribution in [1.82, 2.24) is 10.2 Å². The lowest BCUT2D eigenvalue weighted by Gasteiger charge is -2.28. The number of carbonyl (C=O) groups is 3. The second-order valence-corrected chi connectivity index (χ2v) is 5.78. The molecule has 1 aliphatic carbocycles. The fraction of sp³-hybridized carbons (Fsp3) is 0.800. The molecule has 0 saturated heterocycles. The van der Waals surface area contributed by atoms with Crippen molar-refractivity contribution in [2.24, 2.45) is 11.8 Å². The fourth-order valence-corrected chi connectivity index (χ4v) is 2.69. The zero-order chi connectivity index (χ0) is 16.5. The van der Waals surface area contributed by atoms with Gasteiger partial charge in [-0.2, -0.15) is 0 Å². The van der Waals surface area contributed by atoms with Crippen LogP contribution >= 0.6 is 0 Å². The second kappa shape index (κ2) is 9.40. The number of carboxylic acids is 1. The Labute approximate surface area is 131 Å². The van der Waals surface area contributed by atoms with Crippen molar-refractivity contribution >= 4 is 17.8 Å². The first-order valence-corrected chi connectivity index (χ1v) is 7.69. The van der Waals surface area contributed by atoms with Gasteiger partial charge in [0.1, 0.15) is 0 Å². The van der Waals surface area contributed by atoms with Gasteiger partial charge < -0.3 is 20.1 Å². The Balaban J connectivity index is 2.30. The highest BCUT2D eigenvalue weighted by Crippen LogP contribution is 2.29. The average Bonchev–Trinajstić information content (AvgIpc) is 2.50. The molecule has 0 aromatic heterocycles. The minimum Gasteiger partial charge on any atom is -0.481 e. The minimum absolute atomic E-state index is 0.0324. The zero-order valence-corrected chi connectivity index (χ0v) is 13.3. The fourth-order valence-electron chi connectivity index (χ4n) is 2.69. The van der Waals surface area contributed by atoms with Gasteiger partial charge in [0.15, 0.2) is 0 Å². The molecule has 1 fully saturated rings. The van der Waals surface area contributed by atoms with E-state index in [1.165, 1.54) is 4.90 Å². The number of carboxylic acid groups (broad SMARTS) is 1. The Morgan fingerprint density at radius 3 is 2.32 bits per heavy atom. The van der Waals surface area contributed by atoms with Crippen LogP contribution in [0.2, 0.25) is 0 Å². The number of hydrogen-bond donors (Lipinski definition) is 2. The molecule has 0 bridgehead atoms. The summed E-state index contributed by atoms with van der Waals surface area (Å²) in [5, 5.41) is 11.7. The standard InChI is InChI=1S/C15H26N2O5/c1-17(10-13(18)16-8-3-9-22-2)14(19)11-4-6-12(7-5-11)15(20)21/h11-12H,3-10H2,1-2H3,(H,16,18)(H,20,21). The third-order valence-corrected chi connectivity index (χ3v) is 4.03. The van der Waals surface area contributed by atoms with Crippen LogP contribution in [0.1, 0.15) is 32.1 Å². The van der Waals surface area contributed by atoms with Gasteiger partial charge in [0.05, 0.1) is 12.5 Å². The molecule has 0 spiro atoms. The number of rotatable bonds is 8. The molecular formula is C15H26N2O5. The molecule has 7 heteroatoms. The summed E-state index contributed by atoms with van der Waals surface area (Å²) in [6.07, 6.45) is 2.95. The lowest BCUT2D eigenvalue weighted by molar-refractivity contribution is -0.145. The van der Waals surface area contributed by atoms with E-state index in [0.717, 1.165) is 6.42 Å². The summed E-state index contributed by atoms with van der Waals surface area (Å²) in [5.74, 6) is -1.54. The van der Waals surface area contributed by atoms with Gasteiger partial charge in [-0.1, -0.05) is 0 Å². The van der Waals surface area contributed by atoms with Crippen LogP contribution in [0.4, 0.5) is 0 Å². The van der Waals surface area contributed by atoms with Gasteiger partial charge >= 0.3 is 5.97 Å². The van der Waals surface area contributed by atoms with Crippen molar-refractivity contribution in [2.75, 3.05) is 33.9 Å². The minimum atomic E-state index is -0.783. The summed E-state index contributed by atoms with van der Waals surface area (Å²) in [6, 6.07) is 0. The number of aliphatic carboxylic acids is 1. The first kappa shape index (κ1) is 18.4. The summed E-state index contributed by atoms with van der Waals surface area (Å²) < 4.78 is 4.89. The van der Waals surface area contributed by atoms with E-state index in [1.807, 2.05) is 0 Å². The molecular weight excluding hydrogens is 288 g/mol. The summed E-state index contributed by atoms with van der Waals surface area (Å²) in [6.45, 7) is 1.14. The molecule has 2 N–H and O–H groups in total. The van der Waals surface area contributed by atoms with Crippen molar-refractivity contribution in [2.45, 2.75) is 32.1 Å². The Hall–Kier alpha value is -1.63. The normalized spacial score (nSPS) is 21.2. The number of methoxy groups -OCH3 is 1.